The molecule has 2 heterocycles. The Bertz CT molecular complexity index is 544. The molecule has 2 rings (SSSR count). The Morgan fingerprint density at radius 1 is 1.60 bits per heavy atom. The first-order chi connectivity index (χ1) is 9.25. The summed E-state index contributed by atoms with van der Waals surface area (Å²) in [5.41, 5.74) is 0.338. The monoisotopic (exact) mass is 302 g/mol. The first-order valence-electron chi connectivity index (χ1n) is 6.13. The summed E-state index contributed by atoms with van der Waals surface area (Å²) in [6.45, 7) is 7.45. The van der Waals surface area contributed by atoms with E-state index in [2.05, 4.69) is 12.0 Å². The van der Waals surface area contributed by atoms with Crippen molar-refractivity contribution in [2.45, 2.75) is 38.3 Å². The maximum Gasteiger partial charge on any atom is 0.287 e. The van der Waals surface area contributed by atoms with E-state index in [1.807, 2.05) is 13.8 Å². The number of halogens is 2. The predicted octanol–water partition coefficient (Wildman–Crippen LogP) is 2.69. The molecule has 20 heavy (non-hydrogen) atoms. The normalized spacial score (nSPS) is 22.8. The highest BCUT2D eigenvalue weighted by molar-refractivity contribution is 7.10. The smallest absolute Gasteiger partial charge is 0.287 e. The highest BCUT2D eigenvalue weighted by atomic mass is 32.1. The van der Waals surface area contributed by atoms with Gasteiger partial charge < -0.3 is 5.11 Å². The zero-order valence-corrected chi connectivity index (χ0v) is 12.0. The summed E-state index contributed by atoms with van der Waals surface area (Å²) in [5, 5.41) is 12.2. The molecule has 7 heteroatoms. The summed E-state index contributed by atoms with van der Waals surface area (Å²) < 4.78 is 26.1. The maximum absolute atomic E-state index is 13.0. The van der Waals surface area contributed by atoms with Gasteiger partial charge in [-0.05, 0) is 12.0 Å². The van der Waals surface area contributed by atoms with Gasteiger partial charge in [-0.15, -0.1) is 11.3 Å². The summed E-state index contributed by atoms with van der Waals surface area (Å²) in [5.74, 6) is -0.438. The number of rotatable bonds is 3. The minimum atomic E-state index is -3.08. The van der Waals surface area contributed by atoms with Gasteiger partial charge in [0.1, 0.15) is 0 Å². The van der Waals surface area contributed by atoms with E-state index in [1.54, 1.807) is 11.4 Å². The first kappa shape index (κ1) is 14.9. The molecule has 0 saturated carbocycles. The Morgan fingerprint density at radius 3 is 2.75 bits per heavy atom. The quantitative estimate of drug-likeness (QED) is 0.902. The minimum Gasteiger partial charge on any atom is -0.364 e. The molecule has 1 aliphatic heterocycles. The Kier molecular flexibility index (Phi) is 3.84. The van der Waals surface area contributed by atoms with Crippen molar-refractivity contribution in [2.75, 3.05) is 0 Å². The molecular formula is C13H16F2N2O2S. The molecule has 1 unspecified atom stereocenters. The summed E-state index contributed by atoms with van der Waals surface area (Å²) in [6.07, 6.45) is -3.47. The van der Waals surface area contributed by atoms with Crippen LogP contribution in [0.3, 0.4) is 0 Å². The molecule has 1 amide bonds. The lowest BCUT2D eigenvalue weighted by molar-refractivity contribution is -0.168. The van der Waals surface area contributed by atoms with E-state index in [0.29, 0.717) is 5.01 Å². The molecule has 0 aliphatic carbocycles. The van der Waals surface area contributed by atoms with Crippen LogP contribution in [0, 0.1) is 0 Å². The van der Waals surface area contributed by atoms with Crippen LogP contribution in [-0.4, -0.2) is 28.2 Å². The number of carbonyl (C=O) groups excluding carboxylic acids is 1. The minimum absolute atomic E-state index is 0.181. The molecule has 1 atom stereocenters. The molecule has 1 aliphatic rings. The van der Waals surface area contributed by atoms with Crippen LogP contribution >= 0.6 is 11.3 Å². The van der Waals surface area contributed by atoms with Crippen molar-refractivity contribution in [3.05, 3.63) is 34.2 Å². The molecule has 1 saturated heterocycles. The number of thiophene rings is 1. The first-order valence-corrected chi connectivity index (χ1v) is 7.01. The van der Waals surface area contributed by atoms with Crippen molar-refractivity contribution in [1.82, 2.24) is 10.4 Å². The lowest BCUT2D eigenvalue weighted by Gasteiger charge is -2.30. The fourth-order valence-corrected chi connectivity index (χ4v) is 2.88. The molecule has 2 N–H and O–H groups in total. The molecule has 1 fully saturated rings. The van der Waals surface area contributed by atoms with E-state index in [9.17, 15) is 18.7 Å². The number of alkyl halides is 2. The van der Waals surface area contributed by atoms with Crippen LogP contribution in [0.15, 0.2) is 23.7 Å². The standard InChI is InChI=1S/C13H16F2N2O2S/c1-7(2)10-4-9(6-20-10)11(18)17-13(19,12(14)15)5-8(3)16-17/h4,6-7,12,16,19H,3,5H2,1-2H3. The van der Waals surface area contributed by atoms with E-state index in [1.165, 1.54) is 11.3 Å². The Morgan fingerprint density at radius 2 is 2.25 bits per heavy atom. The second-order valence-corrected chi connectivity index (χ2v) is 6.05. The summed E-state index contributed by atoms with van der Waals surface area (Å²) in [7, 11) is 0. The SMILES string of the molecule is C=C1CC(O)(C(F)F)N(C(=O)c2csc(C(C)C)c2)N1. The fraction of sp³-hybridized carbons (Fsp3) is 0.462. The van der Waals surface area contributed by atoms with Gasteiger partial charge in [0.2, 0.25) is 5.72 Å². The Labute approximate surface area is 119 Å². The predicted molar refractivity (Wildman–Crippen MR) is 72.4 cm³/mol. The van der Waals surface area contributed by atoms with E-state index in [-0.39, 0.29) is 17.2 Å². The van der Waals surface area contributed by atoms with Crippen molar-refractivity contribution >= 4 is 17.2 Å². The van der Waals surface area contributed by atoms with E-state index in [0.717, 1.165) is 4.88 Å². The average molecular weight is 302 g/mol. The summed E-state index contributed by atoms with van der Waals surface area (Å²) in [6, 6.07) is 1.66. The van der Waals surface area contributed by atoms with Gasteiger partial charge in [-0.1, -0.05) is 20.4 Å². The van der Waals surface area contributed by atoms with Gasteiger partial charge in [0, 0.05) is 22.4 Å². The largest absolute Gasteiger partial charge is 0.364 e. The van der Waals surface area contributed by atoms with Crippen molar-refractivity contribution in [1.29, 1.82) is 0 Å². The Hall–Kier alpha value is -1.47. The molecule has 0 bridgehead atoms. The third-order valence-electron chi connectivity index (χ3n) is 3.12. The van der Waals surface area contributed by atoms with Crippen LogP contribution < -0.4 is 5.43 Å². The molecule has 0 spiro atoms. The second kappa shape index (κ2) is 5.14. The van der Waals surface area contributed by atoms with Gasteiger partial charge in [0.15, 0.2) is 0 Å². The number of hydrogen-bond acceptors (Lipinski definition) is 4. The van der Waals surface area contributed by atoms with Crippen molar-refractivity contribution in [3.63, 3.8) is 0 Å². The number of hydrazine groups is 1. The van der Waals surface area contributed by atoms with Crippen LogP contribution in [0.25, 0.3) is 0 Å². The molecule has 110 valence electrons. The van der Waals surface area contributed by atoms with E-state index in [4.69, 9.17) is 0 Å². The number of nitrogens with zero attached hydrogens (tertiary/aromatic N) is 1. The second-order valence-electron chi connectivity index (χ2n) is 5.10. The van der Waals surface area contributed by atoms with Gasteiger partial charge in [-0.3, -0.25) is 10.2 Å². The van der Waals surface area contributed by atoms with E-state index < -0.39 is 24.5 Å². The van der Waals surface area contributed by atoms with Crippen molar-refractivity contribution < 1.29 is 18.7 Å². The van der Waals surface area contributed by atoms with Crippen molar-refractivity contribution in [2.24, 2.45) is 0 Å². The zero-order valence-electron chi connectivity index (χ0n) is 11.2. The molecule has 1 aromatic rings. The number of amides is 1. The van der Waals surface area contributed by atoms with E-state index >= 15 is 0 Å². The fourth-order valence-electron chi connectivity index (χ4n) is 1.99. The topological polar surface area (TPSA) is 52.6 Å². The summed E-state index contributed by atoms with van der Waals surface area (Å²) >= 11 is 1.39. The Balaban J connectivity index is 2.29. The number of nitrogens with one attached hydrogen (secondary N) is 1. The highest BCUT2D eigenvalue weighted by Crippen LogP contribution is 2.34. The number of hydrogen-bond donors (Lipinski definition) is 2. The molecule has 1 aromatic heterocycles. The molecular weight excluding hydrogens is 286 g/mol. The van der Waals surface area contributed by atoms with Gasteiger partial charge in [-0.2, -0.15) is 0 Å². The van der Waals surface area contributed by atoms with Gasteiger partial charge in [0.05, 0.1) is 5.56 Å². The third-order valence-corrected chi connectivity index (χ3v) is 4.35. The number of carbonyl (C=O) groups is 1. The van der Waals surface area contributed by atoms with Crippen LogP contribution in [0.2, 0.25) is 0 Å². The average Bonchev–Trinajstić information content (AvgIpc) is 2.94. The van der Waals surface area contributed by atoms with Crippen LogP contribution in [-0.2, 0) is 0 Å². The van der Waals surface area contributed by atoms with Gasteiger partial charge in [0.25, 0.3) is 12.3 Å². The number of aliphatic hydroxyl groups is 1. The van der Waals surface area contributed by atoms with Gasteiger partial charge in [-0.25, -0.2) is 13.8 Å². The van der Waals surface area contributed by atoms with Crippen LogP contribution in [0.1, 0.15) is 41.4 Å². The maximum atomic E-state index is 13.0. The molecule has 0 radical (unpaired) electrons. The van der Waals surface area contributed by atoms with Crippen molar-refractivity contribution in [3.8, 4) is 0 Å². The van der Waals surface area contributed by atoms with Crippen LogP contribution in [0.4, 0.5) is 8.78 Å². The van der Waals surface area contributed by atoms with Gasteiger partial charge >= 0.3 is 0 Å². The highest BCUT2D eigenvalue weighted by Gasteiger charge is 2.51. The molecule has 0 aromatic carbocycles. The third kappa shape index (κ3) is 2.43. The lowest BCUT2D eigenvalue weighted by atomic mass is 10.1. The lowest BCUT2D eigenvalue weighted by Crippen LogP contribution is -2.55. The molecule has 4 nitrogen and oxygen atoms in total. The summed E-state index contributed by atoms with van der Waals surface area (Å²) in [4.78, 5) is 13.3. The zero-order chi connectivity index (χ0) is 15.1. The van der Waals surface area contributed by atoms with Crippen LogP contribution in [0.5, 0.6) is 0 Å².